The Bertz CT molecular complexity index is 373. The van der Waals surface area contributed by atoms with Gasteiger partial charge in [-0.3, -0.25) is 0 Å². The van der Waals surface area contributed by atoms with Crippen molar-refractivity contribution in [2.75, 3.05) is 13.2 Å². The zero-order valence-electron chi connectivity index (χ0n) is 8.40. The van der Waals surface area contributed by atoms with Gasteiger partial charge >= 0.3 is 0 Å². The molecule has 0 aromatic heterocycles. The third-order valence-corrected chi connectivity index (χ3v) is 1.87. The molecule has 0 aliphatic rings. The Hall–Kier alpha value is -1.60. The number of alkyl halides is 1. The van der Waals surface area contributed by atoms with Crippen LogP contribution in [0.4, 0.5) is 4.39 Å². The Balaban J connectivity index is 2.73. The minimum absolute atomic E-state index is 0.242. The maximum absolute atomic E-state index is 12.7. The second kappa shape index (κ2) is 5.32. The molecular weight excluding hydrogens is 197 g/mol. The number of hydrogen-bond acceptors (Lipinski definition) is 3. The summed E-state index contributed by atoms with van der Waals surface area (Å²) in [4.78, 5) is 0. The summed E-state index contributed by atoms with van der Waals surface area (Å²) in [7, 11) is 0. The first-order chi connectivity index (χ1) is 7.17. The van der Waals surface area contributed by atoms with E-state index < -0.39 is 12.8 Å². The van der Waals surface area contributed by atoms with Gasteiger partial charge in [0.1, 0.15) is 18.4 Å². The largest absolute Gasteiger partial charge is 0.489 e. The summed E-state index contributed by atoms with van der Waals surface area (Å²) in [5.41, 5.74) is 1.32. The predicted octanol–water partition coefficient (Wildman–Crippen LogP) is 1.58. The number of rotatable bonds is 4. The molecule has 0 fully saturated rings. The van der Waals surface area contributed by atoms with E-state index in [-0.39, 0.29) is 6.61 Å². The van der Waals surface area contributed by atoms with Gasteiger partial charge in [0.25, 0.3) is 0 Å². The molecule has 0 saturated carbocycles. The average Bonchev–Trinajstić information content (AvgIpc) is 2.26. The van der Waals surface area contributed by atoms with Crippen molar-refractivity contribution < 1.29 is 14.2 Å². The van der Waals surface area contributed by atoms with Crippen molar-refractivity contribution in [2.45, 2.75) is 13.1 Å². The van der Waals surface area contributed by atoms with Crippen molar-refractivity contribution in [3.05, 3.63) is 29.3 Å². The van der Waals surface area contributed by atoms with Gasteiger partial charge in [-0.2, -0.15) is 5.26 Å². The molecule has 1 aromatic rings. The Morgan fingerprint density at radius 2 is 2.33 bits per heavy atom. The fourth-order valence-electron chi connectivity index (χ4n) is 1.09. The van der Waals surface area contributed by atoms with E-state index in [0.29, 0.717) is 11.3 Å². The molecule has 0 unspecified atom stereocenters. The number of nitrogens with zero attached hydrogens (tertiary/aromatic N) is 1. The first-order valence-electron chi connectivity index (χ1n) is 4.56. The van der Waals surface area contributed by atoms with Gasteiger partial charge in [-0.05, 0) is 24.6 Å². The number of hydrogen-bond donors (Lipinski definition) is 1. The summed E-state index contributed by atoms with van der Waals surface area (Å²) in [6.07, 6.45) is -1.42. The molecule has 0 amide bonds. The third kappa shape index (κ3) is 3.22. The highest BCUT2D eigenvalue weighted by Gasteiger charge is 2.08. The SMILES string of the molecule is Cc1ccc(OC[C@@H](F)CO)c(C#N)c1. The first kappa shape index (κ1) is 11.5. The quantitative estimate of drug-likeness (QED) is 0.819. The van der Waals surface area contributed by atoms with Crippen LogP contribution in [0.3, 0.4) is 0 Å². The Labute approximate surface area is 87.7 Å². The highest BCUT2D eigenvalue weighted by atomic mass is 19.1. The van der Waals surface area contributed by atoms with Gasteiger partial charge in [-0.1, -0.05) is 6.07 Å². The lowest BCUT2D eigenvalue weighted by Gasteiger charge is -2.09. The summed E-state index contributed by atoms with van der Waals surface area (Å²) in [6.45, 7) is 1.04. The molecule has 4 heteroatoms. The zero-order chi connectivity index (χ0) is 11.3. The van der Waals surface area contributed by atoms with Crippen LogP contribution in [0.1, 0.15) is 11.1 Å². The van der Waals surface area contributed by atoms with Crippen LogP contribution < -0.4 is 4.74 Å². The monoisotopic (exact) mass is 209 g/mol. The predicted molar refractivity (Wildman–Crippen MR) is 53.4 cm³/mol. The second-order valence-corrected chi connectivity index (χ2v) is 3.20. The van der Waals surface area contributed by atoms with Crippen LogP contribution in [-0.2, 0) is 0 Å². The van der Waals surface area contributed by atoms with Gasteiger partial charge in [-0.25, -0.2) is 4.39 Å². The van der Waals surface area contributed by atoms with Crippen LogP contribution in [0.25, 0.3) is 0 Å². The van der Waals surface area contributed by atoms with Crippen LogP contribution in [0.15, 0.2) is 18.2 Å². The van der Waals surface area contributed by atoms with Crippen LogP contribution in [0.5, 0.6) is 5.75 Å². The van der Waals surface area contributed by atoms with E-state index >= 15 is 0 Å². The van der Waals surface area contributed by atoms with Gasteiger partial charge in [0.2, 0.25) is 0 Å². The summed E-state index contributed by atoms with van der Waals surface area (Å²) in [5.74, 6) is 0.346. The van der Waals surface area contributed by atoms with E-state index in [9.17, 15) is 4.39 Å². The van der Waals surface area contributed by atoms with E-state index in [0.717, 1.165) is 5.56 Å². The molecule has 80 valence electrons. The molecule has 0 saturated heterocycles. The van der Waals surface area contributed by atoms with E-state index in [1.807, 2.05) is 13.0 Å². The van der Waals surface area contributed by atoms with E-state index in [1.54, 1.807) is 18.2 Å². The van der Waals surface area contributed by atoms with E-state index in [2.05, 4.69) is 0 Å². The van der Waals surface area contributed by atoms with Gasteiger partial charge < -0.3 is 9.84 Å². The molecule has 0 aliphatic carbocycles. The van der Waals surface area contributed by atoms with Crippen molar-refractivity contribution >= 4 is 0 Å². The number of aryl methyl sites for hydroxylation is 1. The lowest BCUT2D eigenvalue weighted by atomic mass is 10.1. The maximum Gasteiger partial charge on any atom is 0.157 e. The van der Waals surface area contributed by atoms with Crippen LogP contribution >= 0.6 is 0 Å². The minimum atomic E-state index is -1.42. The molecule has 1 aromatic carbocycles. The van der Waals surface area contributed by atoms with Gasteiger partial charge in [0.15, 0.2) is 6.17 Å². The minimum Gasteiger partial charge on any atom is -0.489 e. The van der Waals surface area contributed by atoms with Crippen molar-refractivity contribution in [2.24, 2.45) is 0 Å². The van der Waals surface area contributed by atoms with Crippen LogP contribution in [0.2, 0.25) is 0 Å². The molecular formula is C11H12FNO2. The topological polar surface area (TPSA) is 53.2 Å². The smallest absolute Gasteiger partial charge is 0.157 e. The number of ether oxygens (including phenoxy) is 1. The van der Waals surface area contributed by atoms with Crippen molar-refractivity contribution in [3.8, 4) is 11.8 Å². The van der Waals surface area contributed by atoms with Crippen LogP contribution in [-0.4, -0.2) is 24.5 Å². The second-order valence-electron chi connectivity index (χ2n) is 3.20. The Morgan fingerprint density at radius 1 is 1.60 bits per heavy atom. The number of aliphatic hydroxyl groups is 1. The fraction of sp³-hybridized carbons (Fsp3) is 0.364. The molecule has 1 rings (SSSR count). The lowest BCUT2D eigenvalue weighted by molar-refractivity contribution is 0.123. The summed E-state index contributed by atoms with van der Waals surface area (Å²) in [6, 6.07) is 7.04. The molecule has 1 N–H and O–H groups in total. The fourth-order valence-corrected chi connectivity index (χ4v) is 1.09. The van der Waals surface area contributed by atoms with Gasteiger partial charge in [0.05, 0.1) is 12.2 Å². The maximum atomic E-state index is 12.7. The summed E-state index contributed by atoms with van der Waals surface area (Å²) >= 11 is 0. The number of benzene rings is 1. The van der Waals surface area contributed by atoms with E-state index in [1.165, 1.54) is 0 Å². The summed E-state index contributed by atoms with van der Waals surface area (Å²) in [5, 5.41) is 17.3. The molecule has 0 bridgehead atoms. The molecule has 0 aliphatic heterocycles. The standard InChI is InChI=1S/C11H12FNO2/c1-8-2-3-11(9(4-8)5-13)15-7-10(12)6-14/h2-4,10,14H,6-7H2,1H3/t10-/m0/s1. The Morgan fingerprint density at radius 3 is 2.93 bits per heavy atom. The number of aliphatic hydroxyl groups excluding tert-OH is 1. The molecule has 1 atom stereocenters. The number of halogens is 1. The summed E-state index contributed by atoms with van der Waals surface area (Å²) < 4.78 is 17.8. The molecule has 0 spiro atoms. The molecule has 15 heavy (non-hydrogen) atoms. The molecule has 0 heterocycles. The third-order valence-electron chi connectivity index (χ3n) is 1.87. The molecule has 3 nitrogen and oxygen atoms in total. The van der Waals surface area contributed by atoms with Crippen molar-refractivity contribution in [3.63, 3.8) is 0 Å². The van der Waals surface area contributed by atoms with Crippen LogP contribution in [0, 0.1) is 18.3 Å². The Kier molecular flexibility index (Phi) is 4.07. The number of nitriles is 1. The van der Waals surface area contributed by atoms with Gasteiger partial charge in [0, 0.05) is 0 Å². The first-order valence-corrected chi connectivity index (χ1v) is 4.56. The average molecular weight is 209 g/mol. The van der Waals surface area contributed by atoms with Crippen molar-refractivity contribution in [1.29, 1.82) is 5.26 Å². The van der Waals surface area contributed by atoms with Crippen molar-refractivity contribution in [1.82, 2.24) is 0 Å². The zero-order valence-corrected chi connectivity index (χ0v) is 8.40. The van der Waals surface area contributed by atoms with E-state index in [4.69, 9.17) is 15.1 Å². The highest BCUT2D eigenvalue weighted by molar-refractivity contribution is 5.45. The lowest BCUT2D eigenvalue weighted by Crippen LogP contribution is -2.17. The highest BCUT2D eigenvalue weighted by Crippen LogP contribution is 2.19. The van der Waals surface area contributed by atoms with Gasteiger partial charge in [-0.15, -0.1) is 0 Å². The molecule has 0 radical (unpaired) electrons. The normalized spacial score (nSPS) is 11.9.